The Labute approximate surface area is 190 Å². The van der Waals surface area contributed by atoms with Crippen LogP contribution in [0.15, 0.2) is 77.7 Å². The summed E-state index contributed by atoms with van der Waals surface area (Å²) in [6, 6.07) is 18.4. The van der Waals surface area contributed by atoms with Crippen molar-refractivity contribution in [2.24, 2.45) is 0 Å². The van der Waals surface area contributed by atoms with Crippen molar-refractivity contribution in [1.29, 1.82) is 0 Å². The van der Waals surface area contributed by atoms with Crippen LogP contribution >= 0.6 is 0 Å². The van der Waals surface area contributed by atoms with Crippen molar-refractivity contribution in [2.45, 2.75) is 30.0 Å². The number of ether oxygens (including phenoxy) is 1. The second kappa shape index (κ2) is 9.54. The van der Waals surface area contributed by atoms with Crippen molar-refractivity contribution >= 4 is 10.0 Å². The number of halogens is 3. The van der Waals surface area contributed by atoms with Crippen LogP contribution in [0, 0.1) is 0 Å². The minimum Gasteiger partial charge on any atom is -0.457 e. The molecule has 0 aromatic heterocycles. The zero-order chi connectivity index (χ0) is 23.5. The minimum absolute atomic E-state index is 0.203. The Bertz CT molecular complexity index is 1210. The van der Waals surface area contributed by atoms with Crippen LogP contribution in [0.1, 0.15) is 18.4 Å². The van der Waals surface area contributed by atoms with Crippen LogP contribution in [0.5, 0.6) is 11.5 Å². The molecule has 33 heavy (non-hydrogen) atoms. The van der Waals surface area contributed by atoms with E-state index in [0.717, 1.165) is 12.1 Å². The largest absolute Gasteiger partial charge is 0.457 e. The second-order valence-electron chi connectivity index (χ2n) is 7.77. The van der Waals surface area contributed by atoms with E-state index in [9.17, 15) is 21.6 Å². The standard InChI is InChI=1S/C24H23F3N2O3S/c25-24(26,27)21-16-17(10-11-23(21)33(30,31)29-18-12-14-28-15-13-18)20-8-4-5-9-22(20)32-19-6-2-1-3-7-19/h1-11,16,18,28-29H,12-15H2. The molecule has 174 valence electrons. The summed E-state index contributed by atoms with van der Waals surface area (Å²) in [7, 11) is -4.36. The van der Waals surface area contributed by atoms with Gasteiger partial charge in [0.25, 0.3) is 0 Å². The monoisotopic (exact) mass is 476 g/mol. The first kappa shape index (κ1) is 23.3. The Balaban J connectivity index is 1.72. The Morgan fingerprint density at radius 3 is 2.27 bits per heavy atom. The molecule has 0 atom stereocenters. The van der Waals surface area contributed by atoms with E-state index in [0.29, 0.717) is 43.0 Å². The third kappa shape index (κ3) is 5.55. The van der Waals surface area contributed by atoms with E-state index in [1.807, 2.05) is 6.07 Å². The maximum atomic E-state index is 14.0. The quantitative estimate of drug-likeness (QED) is 0.514. The van der Waals surface area contributed by atoms with E-state index in [2.05, 4.69) is 10.0 Å². The summed E-state index contributed by atoms with van der Waals surface area (Å²) in [4.78, 5) is -0.779. The molecule has 0 spiro atoms. The van der Waals surface area contributed by atoms with Gasteiger partial charge in [-0.25, -0.2) is 13.1 Å². The molecule has 0 saturated carbocycles. The number of hydrogen-bond donors (Lipinski definition) is 2. The predicted molar refractivity (Wildman–Crippen MR) is 120 cm³/mol. The molecule has 1 heterocycles. The predicted octanol–water partition coefficient (Wildman–Crippen LogP) is 5.20. The highest BCUT2D eigenvalue weighted by Gasteiger charge is 2.38. The molecule has 1 fully saturated rings. The lowest BCUT2D eigenvalue weighted by Crippen LogP contribution is -2.43. The third-order valence-electron chi connectivity index (χ3n) is 5.40. The normalized spacial score (nSPS) is 15.4. The molecule has 1 saturated heterocycles. The number of alkyl halides is 3. The molecule has 5 nitrogen and oxygen atoms in total. The number of benzene rings is 3. The molecule has 3 aromatic rings. The lowest BCUT2D eigenvalue weighted by atomic mass is 10.0. The topological polar surface area (TPSA) is 67.4 Å². The van der Waals surface area contributed by atoms with Gasteiger partial charge in [0.2, 0.25) is 10.0 Å². The van der Waals surface area contributed by atoms with Crippen molar-refractivity contribution in [3.8, 4) is 22.6 Å². The van der Waals surface area contributed by atoms with Crippen LogP contribution in [-0.2, 0) is 16.2 Å². The highest BCUT2D eigenvalue weighted by Crippen LogP contribution is 2.40. The van der Waals surface area contributed by atoms with Crippen molar-refractivity contribution < 1.29 is 26.3 Å². The number of rotatable bonds is 6. The fourth-order valence-electron chi connectivity index (χ4n) is 3.79. The van der Waals surface area contributed by atoms with Gasteiger partial charge in [0.1, 0.15) is 11.5 Å². The number of sulfonamides is 1. The molecule has 0 bridgehead atoms. The average molecular weight is 477 g/mol. The summed E-state index contributed by atoms with van der Waals surface area (Å²) in [6.07, 6.45) is -3.82. The fourth-order valence-corrected chi connectivity index (χ4v) is 5.30. The van der Waals surface area contributed by atoms with Crippen LogP contribution < -0.4 is 14.8 Å². The van der Waals surface area contributed by atoms with Gasteiger partial charge in [-0.05, 0) is 61.8 Å². The molecular weight excluding hydrogens is 453 g/mol. The van der Waals surface area contributed by atoms with Gasteiger partial charge in [-0.15, -0.1) is 0 Å². The van der Waals surface area contributed by atoms with Crippen molar-refractivity contribution in [2.75, 3.05) is 13.1 Å². The SMILES string of the molecule is O=S(=O)(NC1CCNCC1)c1ccc(-c2ccccc2Oc2ccccc2)cc1C(F)(F)F. The summed E-state index contributed by atoms with van der Waals surface area (Å²) in [5, 5.41) is 3.10. The molecule has 1 aliphatic rings. The average Bonchev–Trinajstić information content (AvgIpc) is 2.79. The van der Waals surface area contributed by atoms with Crippen LogP contribution in [0.25, 0.3) is 11.1 Å². The Kier molecular flexibility index (Phi) is 6.73. The number of nitrogens with one attached hydrogen (secondary N) is 2. The molecule has 0 unspecified atom stereocenters. The molecule has 0 amide bonds. The zero-order valence-corrected chi connectivity index (χ0v) is 18.4. The van der Waals surface area contributed by atoms with Crippen molar-refractivity contribution in [3.05, 3.63) is 78.4 Å². The van der Waals surface area contributed by atoms with Gasteiger partial charge in [-0.2, -0.15) is 13.2 Å². The molecule has 1 aliphatic heterocycles. The van der Waals surface area contributed by atoms with Gasteiger partial charge in [0.05, 0.1) is 10.5 Å². The van der Waals surface area contributed by atoms with E-state index in [1.54, 1.807) is 48.5 Å². The molecule has 9 heteroatoms. The first-order valence-electron chi connectivity index (χ1n) is 10.5. The molecule has 4 rings (SSSR count). The molecule has 3 aromatic carbocycles. The van der Waals surface area contributed by atoms with E-state index in [-0.39, 0.29) is 5.56 Å². The maximum absolute atomic E-state index is 14.0. The minimum atomic E-state index is -4.86. The van der Waals surface area contributed by atoms with Crippen molar-refractivity contribution in [3.63, 3.8) is 0 Å². The summed E-state index contributed by atoms with van der Waals surface area (Å²) >= 11 is 0. The van der Waals surface area contributed by atoms with Crippen LogP contribution in [0.2, 0.25) is 0 Å². The van der Waals surface area contributed by atoms with Gasteiger partial charge in [-0.3, -0.25) is 0 Å². The smallest absolute Gasteiger partial charge is 0.417 e. The Hall–Kier alpha value is -2.88. The number of piperidine rings is 1. The molecule has 2 N–H and O–H groups in total. The maximum Gasteiger partial charge on any atom is 0.417 e. The summed E-state index contributed by atoms with van der Waals surface area (Å²) in [5.74, 6) is 0.895. The van der Waals surface area contributed by atoms with Crippen LogP contribution in [0.4, 0.5) is 13.2 Å². The highest BCUT2D eigenvalue weighted by molar-refractivity contribution is 7.89. The lowest BCUT2D eigenvalue weighted by Gasteiger charge is -2.24. The van der Waals surface area contributed by atoms with Crippen LogP contribution in [0.3, 0.4) is 0 Å². The molecular formula is C24H23F3N2O3S. The van der Waals surface area contributed by atoms with Gasteiger partial charge in [0, 0.05) is 11.6 Å². The number of hydrogen-bond acceptors (Lipinski definition) is 4. The first-order valence-corrected chi connectivity index (χ1v) is 12.0. The Morgan fingerprint density at radius 2 is 1.58 bits per heavy atom. The highest BCUT2D eigenvalue weighted by atomic mass is 32.2. The third-order valence-corrected chi connectivity index (χ3v) is 6.98. The fraction of sp³-hybridized carbons (Fsp3) is 0.250. The van der Waals surface area contributed by atoms with E-state index in [4.69, 9.17) is 4.74 Å². The molecule has 0 aliphatic carbocycles. The first-order chi connectivity index (χ1) is 15.7. The number of para-hydroxylation sites is 2. The summed E-state index contributed by atoms with van der Waals surface area (Å²) in [5.41, 5.74) is -0.590. The summed E-state index contributed by atoms with van der Waals surface area (Å²) in [6.45, 7) is 1.22. The lowest BCUT2D eigenvalue weighted by molar-refractivity contribution is -0.139. The van der Waals surface area contributed by atoms with E-state index in [1.165, 1.54) is 6.07 Å². The van der Waals surface area contributed by atoms with Gasteiger partial charge in [0.15, 0.2) is 0 Å². The van der Waals surface area contributed by atoms with Gasteiger partial charge < -0.3 is 10.1 Å². The summed E-state index contributed by atoms with van der Waals surface area (Å²) < 4.78 is 75.9. The zero-order valence-electron chi connectivity index (χ0n) is 17.6. The Morgan fingerprint density at radius 1 is 0.909 bits per heavy atom. The van der Waals surface area contributed by atoms with Crippen LogP contribution in [-0.4, -0.2) is 27.5 Å². The van der Waals surface area contributed by atoms with Gasteiger partial charge in [-0.1, -0.05) is 42.5 Å². The van der Waals surface area contributed by atoms with E-state index < -0.39 is 32.7 Å². The van der Waals surface area contributed by atoms with Crippen molar-refractivity contribution in [1.82, 2.24) is 10.0 Å². The molecule has 0 radical (unpaired) electrons. The van der Waals surface area contributed by atoms with Gasteiger partial charge >= 0.3 is 6.18 Å². The second-order valence-corrected chi connectivity index (χ2v) is 9.45. The van der Waals surface area contributed by atoms with E-state index >= 15 is 0 Å².